The summed E-state index contributed by atoms with van der Waals surface area (Å²) in [7, 11) is 0. The summed E-state index contributed by atoms with van der Waals surface area (Å²) in [6, 6.07) is 0. The third kappa shape index (κ3) is 1.88. The highest BCUT2D eigenvalue weighted by atomic mass is 19.1. The van der Waals surface area contributed by atoms with E-state index in [1.807, 2.05) is 0 Å². The van der Waals surface area contributed by atoms with Crippen LogP contribution in [0.1, 0.15) is 0 Å². The number of amides is 1. The first-order valence-electron chi connectivity index (χ1n) is 1.47. The second kappa shape index (κ2) is 2.30. The zero-order valence-corrected chi connectivity index (χ0v) is 3.44. The molecule has 0 aromatic heterocycles. The first-order valence-corrected chi connectivity index (χ1v) is 1.47. The molecule has 0 aromatic rings. The van der Waals surface area contributed by atoms with Crippen LogP contribution in [0.15, 0.2) is 12.4 Å². The van der Waals surface area contributed by atoms with Crippen molar-refractivity contribution >= 4 is 5.91 Å². The van der Waals surface area contributed by atoms with Gasteiger partial charge in [-0.2, -0.15) is 0 Å². The van der Waals surface area contributed by atoms with Gasteiger partial charge in [0, 0.05) is 0 Å². The number of hydroxylamine groups is 1. The summed E-state index contributed by atoms with van der Waals surface area (Å²) in [5.74, 6) is -2.41. The summed E-state index contributed by atoms with van der Waals surface area (Å²) < 4.78 is 11.3. The highest BCUT2D eigenvalue weighted by molar-refractivity contribution is 5.89. The fourth-order valence-electron chi connectivity index (χ4n) is 0.0607. The van der Waals surface area contributed by atoms with E-state index >= 15 is 0 Å². The number of carbonyl (C=O) groups excluding carboxylic acids is 1. The summed E-state index contributed by atoms with van der Waals surface area (Å²) in [5.41, 5.74) is 1.05. The van der Waals surface area contributed by atoms with Crippen molar-refractivity contribution < 1.29 is 14.4 Å². The molecule has 0 atom stereocenters. The minimum atomic E-state index is -1.21. The number of halogens is 1. The molecule has 0 saturated heterocycles. The third-order valence-electron chi connectivity index (χ3n) is 0.348. The van der Waals surface area contributed by atoms with Crippen molar-refractivity contribution in [1.82, 2.24) is 5.48 Å². The summed E-state index contributed by atoms with van der Waals surface area (Å²) in [4.78, 5) is 9.68. The Hall–Kier alpha value is -0.900. The average Bonchev–Trinajstić information content (AvgIpc) is 1.65. The molecule has 0 radical (unpaired) electrons. The van der Waals surface area contributed by atoms with Crippen LogP contribution in [0.3, 0.4) is 0 Å². The van der Waals surface area contributed by atoms with Gasteiger partial charge >= 0.3 is 5.91 Å². The van der Waals surface area contributed by atoms with Gasteiger partial charge in [-0.05, 0) is 0 Å². The van der Waals surface area contributed by atoms with Gasteiger partial charge in [-0.3, -0.25) is 10.0 Å². The molecule has 3 nitrogen and oxygen atoms in total. The van der Waals surface area contributed by atoms with E-state index in [0.717, 1.165) is 5.48 Å². The molecule has 0 spiro atoms. The van der Waals surface area contributed by atoms with E-state index in [1.54, 1.807) is 0 Å². The van der Waals surface area contributed by atoms with E-state index in [0.29, 0.717) is 0 Å². The van der Waals surface area contributed by atoms with Gasteiger partial charge in [0.05, 0.1) is 0 Å². The molecule has 0 aliphatic heterocycles. The molecule has 0 bridgehead atoms. The lowest BCUT2D eigenvalue weighted by atomic mass is 10.6. The molecule has 0 aliphatic carbocycles. The standard InChI is InChI=1S/C3H4FNO2/c1-2(4)3(6)5-7/h7H,1H2,(H,5,6). The van der Waals surface area contributed by atoms with Crippen LogP contribution in [-0.4, -0.2) is 11.1 Å². The van der Waals surface area contributed by atoms with Gasteiger partial charge in [0.1, 0.15) is 0 Å². The lowest BCUT2D eigenvalue weighted by Crippen LogP contribution is -2.17. The number of rotatable bonds is 1. The zero-order valence-electron chi connectivity index (χ0n) is 3.44. The van der Waals surface area contributed by atoms with Crippen molar-refractivity contribution in [2.45, 2.75) is 0 Å². The first kappa shape index (κ1) is 6.10. The van der Waals surface area contributed by atoms with E-state index in [1.165, 1.54) is 0 Å². The smallest absolute Gasteiger partial charge is 0.288 e. The zero-order chi connectivity index (χ0) is 5.86. The molecule has 4 heteroatoms. The molecule has 0 fully saturated rings. The second-order valence-electron chi connectivity index (χ2n) is 0.846. The van der Waals surface area contributed by atoms with E-state index in [9.17, 15) is 9.18 Å². The number of carbonyl (C=O) groups is 1. The predicted octanol–water partition coefficient (Wildman–Crippen LogP) is -0.0250. The first-order chi connectivity index (χ1) is 3.18. The second-order valence-corrected chi connectivity index (χ2v) is 0.846. The van der Waals surface area contributed by atoms with Gasteiger partial charge < -0.3 is 0 Å². The van der Waals surface area contributed by atoms with Crippen molar-refractivity contribution in [3.63, 3.8) is 0 Å². The van der Waals surface area contributed by atoms with Crippen LogP contribution in [-0.2, 0) is 4.79 Å². The number of nitrogens with one attached hydrogen (secondary N) is 1. The van der Waals surface area contributed by atoms with Crippen LogP contribution in [0, 0.1) is 0 Å². The summed E-state index contributed by atoms with van der Waals surface area (Å²) in [5, 5.41) is 7.60. The number of hydrogen-bond donors (Lipinski definition) is 2. The van der Waals surface area contributed by atoms with Gasteiger partial charge in [-0.1, -0.05) is 6.58 Å². The Bertz CT molecular complexity index is 101. The monoisotopic (exact) mass is 105 g/mol. The van der Waals surface area contributed by atoms with E-state index in [-0.39, 0.29) is 0 Å². The lowest BCUT2D eigenvalue weighted by molar-refractivity contribution is -0.126. The maximum Gasteiger partial charge on any atom is 0.302 e. The Morgan fingerprint density at radius 3 is 2.29 bits per heavy atom. The molecule has 1 amide bonds. The van der Waals surface area contributed by atoms with Gasteiger partial charge in [-0.25, -0.2) is 9.87 Å². The SMILES string of the molecule is C=C(F)C(=O)NO. The van der Waals surface area contributed by atoms with Gasteiger partial charge in [0.2, 0.25) is 0 Å². The van der Waals surface area contributed by atoms with Gasteiger partial charge in [0.25, 0.3) is 0 Å². The molecule has 0 saturated carbocycles. The van der Waals surface area contributed by atoms with Crippen molar-refractivity contribution in [2.75, 3.05) is 0 Å². The molecule has 0 aromatic carbocycles. The summed E-state index contributed by atoms with van der Waals surface area (Å²) in [6.45, 7) is 2.59. The quantitative estimate of drug-likeness (QED) is 0.279. The summed E-state index contributed by atoms with van der Waals surface area (Å²) in [6.07, 6.45) is 0. The Balaban J connectivity index is 3.58. The van der Waals surface area contributed by atoms with E-state index in [2.05, 4.69) is 6.58 Å². The van der Waals surface area contributed by atoms with E-state index < -0.39 is 11.7 Å². The largest absolute Gasteiger partial charge is 0.302 e. The highest BCUT2D eigenvalue weighted by Crippen LogP contribution is 1.86. The Kier molecular flexibility index (Phi) is 2.01. The normalized spacial score (nSPS) is 7.71. The van der Waals surface area contributed by atoms with Crippen molar-refractivity contribution in [3.8, 4) is 0 Å². The Morgan fingerprint density at radius 1 is 1.86 bits per heavy atom. The predicted molar refractivity (Wildman–Crippen MR) is 20.2 cm³/mol. The molecule has 2 N–H and O–H groups in total. The Morgan fingerprint density at radius 2 is 2.29 bits per heavy atom. The van der Waals surface area contributed by atoms with Crippen LogP contribution >= 0.6 is 0 Å². The highest BCUT2D eigenvalue weighted by Gasteiger charge is 1.99. The molecule has 7 heavy (non-hydrogen) atoms. The molecular formula is C3H4FNO2. The summed E-state index contributed by atoms with van der Waals surface area (Å²) >= 11 is 0. The number of hydrogen-bond acceptors (Lipinski definition) is 2. The fraction of sp³-hybridized carbons (Fsp3) is 0. The van der Waals surface area contributed by atoms with Crippen molar-refractivity contribution in [3.05, 3.63) is 12.4 Å². The van der Waals surface area contributed by atoms with Crippen LogP contribution < -0.4 is 5.48 Å². The van der Waals surface area contributed by atoms with E-state index in [4.69, 9.17) is 5.21 Å². The lowest BCUT2D eigenvalue weighted by Gasteiger charge is -1.86. The topological polar surface area (TPSA) is 49.3 Å². The molecule has 0 heterocycles. The molecule has 40 valence electrons. The molecule has 0 rings (SSSR count). The van der Waals surface area contributed by atoms with Crippen molar-refractivity contribution in [2.24, 2.45) is 0 Å². The van der Waals surface area contributed by atoms with Crippen LogP contribution in [0.4, 0.5) is 4.39 Å². The third-order valence-corrected chi connectivity index (χ3v) is 0.348. The van der Waals surface area contributed by atoms with Crippen molar-refractivity contribution in [1.29, 1.82) is 0 Å². The fourth-order valence-corrected chi connectivity index (χ4v) is 0.0607. The molecular weight excluding hydrogens is 101 g/mol. The van der Waals surface area contributed by atoms with Gasteiger partial charge in [0.15, 0.2) is 5.83 Å². The molecule has 0 unspecified atom stereocenters. The average molecular weight is 105 g/mol. The van der Waals surface area contributed by atoms with Crippen LogP contribution in [0.2, 0.25) is 0 Å². The maximum atomic E-state index is 11.3. The van der Waals surface area contributed by atoms with Crippen LogP contribution in [0.25, 0.3) is 0 Å². The maximum absolute atomic E-state index is 11.3. The minimum absolute atomic E-state index is 1.05. The Labute approximate surface area is 39.4 Å². The van der Waals surface area contributed by atoms with Gasteiger partial charge in [-0.15, -0.1) is 0 Å². The minimum Gasteiger partial charge on any atom is -0.288 e. The molecule has 0 aliphatic rings. The van der Waals surface area contributed by atoms with Crippen LogP contribution in [0.5, 0.6) is 0 Å².